The van der Waals surface area contributed by atoms with E-state index in [9.17, 15) is 14.4 Å². The smallest absolute Gasteiger partial charge is 0.324 e. The van der Waals surface area contributed by atoms with Crippen LogP contribution in [0.4, 0.5) is 4.79 Å². The molecule has 0 saturated carbocycles. The van der Waals surface area contributed by atoms with Gasteiger partial charge in [-0.25, -0.2) is 4.79 Å². The number of likely N-dealkylation sites (tertiary alicyclic amines) is 1. The van der Waals surface area contributed by atoms with Gasteiger partial charge in [0.1, 0.15) is 0 Å². The highest BCUT2D eigenvalue weighted by Crippen LogP contribution is 2.19. The van der Waals surface area contributed by atoms with Crippen molar-refractivity contribution in [3.05, 3.63) is 0 Å². The van der Waals surface area contributed by atoms with Crippen molar-refractivity contribution in [3.8, 4) is 0 Å². The van der Waals surface area contributed by atoms with E-state index in [0.717, 1.165) is 6.42 Å². The van der Waals surface area contributed by atoms with Crippen molar-refractivity contribution in [2.75, 3.05) is 20.2 Å². The zero-order chi connectivity index (χ0) is 15.1. The van der Waals surface area contributed by atoms with Gasteiger partial charge in [-0.1, -0.05) is 6.92 Å². The third kappa shape index (κ3) is 5.16. The molecular formula is C13H22N2O5. The third-order valence-electron chi connectivity index (χ3n) is 3.52. The SMILES string of the molecule is COC1CN(C(=O)NC(=O)CCCC(=O)O)CCC1C. The predicted octanol–water partition coefficient (Wildman–Crippen LogP) is 0.834. The van der Waals surface area contributed by atoms with Gasteiger partial charge in [-0.15, -0.1) is 0 Å². The summed E-state index contributed by atoms with van der Waals surface area (Å²) in [7, 11) is 1.61. The topological polar surface area (TPSA) is 95.9 Å². The van der Waals surface area contributed by atoms with Gasteiger partial charge in [0.25, 0.3) is 0 Å². The van der Waals surface area contributed by atoms with Gasteiger partial charge in [-0.3, -0.25) is 14.9 Å². The molecule has 114 valence electrons. The lowest BCUT2D eigenvalue weighted by molar-refractivity contribution is -0.137. The lowest BCUT2D eigenvalue weighted by atomic mass is 9.96. The quantitative estimate of drug-likeness (QED) is 0.780. The summed E-state index contributed by atoms with van der Waals surface area (Å²) in [5, 5.41) is 10.8. The number of hydrogen-bond acceptors (Lipinski definition) is 4. The molecule has 1 heterocycles. The fourth-order valence-corrected chi connectivity index (χ4v) is 2.19. The molecule has 20 heavy (non-hydrogen) atoms. The van der Waals surface area contributed by atoms with Gasteiger partial charge in [0.15, 0.2) is 0 Å². The Kier molecular flexibility index (Phi) is 6.44. The van der Waals surface area contributed by atoms with Crippen molar-refractivity contribution >= 4 is 17.9 Å². The number of carbonyl (C=O) groups is 3. The number of urea groups is 1. The Morgan fingerprint density at radius 2 is 2.05 bits per heavy atom. The molecule has 2 atom stereocenters. The summed E-state index contributed by atoms with van der Waals surface area (Å²) in [6, 6.07) is -0.431. The summed E-state index contributed by atoms with van der Waals surface area (Å²) in [6.07, 6.45) is 1.01. The Bertz CT molecular complexity index is 372. The largest absolute Gasteiger partial charge is 0.481 e. The Labute approximate surface area is 118 Å². The van der Waals surface area contributed by atoms with E-state index in [1.165, 1.54) is 0 Å². The molecule has 2 unspecified atom stereocenters. The van der Waals surface area contributed by atoms with Gasteiger partial charge < -0.3 is 14.7 Å². The predicted molar refractivity (Wildman–Crippen MR) is 71.2 cm³/mol. The molecule has 3 amide bonds. The van der Waals surface area contributed by atoms with Crippen LogP contribution in [0.5, 0.6) is 0 Å². The van der Waals surface area contributed by atoms with Gasteiger partial charge in [0.2, 0.25) is 5.91 Å². The van der Waals surface area contributed by atoms with Crippen LogP contribution in [0.2, 0.25) is 0 Å². The standard InChI is InChI=1S/C13H22N2O5/c1-9-6-7-15(8-10(9)20-2)13(19)14-11(16)4-3-5-12(17)18/h9-10H,3-8H2,1-2H3,(H,17,18)(H,14,16,19). The Balaban J connectivity index is 2.35. The molecule has 7 nitrogen and oxygen atoms in total. The maximum atomic E-state index is 11.9. The number of ether oxygens (including phenoxy) is 1. The van der Waals surface area contributed by atoms with Gasteiger partial charge in [0, 0.05) is 33.0 Å². The van der Waals surface area contributed by atoms with Crippen LogP contribution in [0.25, 0.3) is 0 Å². The summed E-state index contributed by atoms with van der Waals surface area (Å²) in [6.45, 7) is 3.13. The van der Waals surface area contributed by atoms with Gasteiger partial charge in [0.05, 0.1) is 6.10 Å². The van der Waals surface area contributed by atoms with Gasteiger partial charge in [-0.2, -0.15) is 0 Å². The molecule has 0 aromatic rings. The van der Waals surface area contributed by atoms with Crippen LogP contribution in [0.15, 0.2) is 0 Å². The lowest BCUT2D eigenvalue weighted by Crippen LogP contribution is -2.51. The van der Waals surface area contributed by atoms with Crippen LogP contribution in [-0.2, 0) is 14.3 Å². The second-order valence-corrected chi connectivity index (χ2v) is 5.09. The van der Waals surface area contributed by atoms with E-state index >= 15 is 0 Å². The summed E-state index contributed by atoms with van der Waals surface area (Å²) < 4.78 is 5.31. The molecule has 0 spiro atoms. The molecule has 0 aliphatic carbocycles. The number of amides is 3. The van der Waals surface area contributed by atoms with E-state index in [2.05, 4.69) is 12.2 Å². The van der Waals surface area contributed by atoms with Crippen LogP contribution in [0, 0.1) is 5.92 Å². The number of aliphatic carboxylic acids is 1. The molecule has 1 fully saturated rings. The van der Waals surface area contributed by atoms with Crippen molar-refractivity contribution < 1.29 is 24.2 Å². The summed E-state index contributed by atoms with van der Waals surface area (Å²) in [5.41, 5.74) is 0. The number of carbonyl (C=O) groups excluding carboxylic acids is 2. The molecule has 1 aliphatic rings. The molecule has 0 aromatic heterocycles. The van der Waals surface area contributed by atoms with Gasteiger partial charge >= 0.3 is 12.0 Å². The molecular weight excluding hydrogens is 264 g/mol. The van der Waals surface area contributed by atoms with E-state index in [4.69, 9.17) is 9.84 Å². The van der Waals surface area contributed by atoms with Crippen LogP contribution < -0.4 is 5.32 Å². The number of carboxylic acid groups (broad SMARTS) is 1. The first-order valence-corrected chi connectivity index (χ1v) is 6.77. The number of methoxy groups -OCH3 is 1. The highest BCUT2D eigenvalue weighted by molar-refractivity contribution is 5.94. The minimum Gasteiger partial charge on any atom is -0.481 e. The minimum atomic E-state index is -0.947. The Morgan fingerprint density at radius 1 is 1.35 bits per heavy atom. The number of nitrogens with one attached hydrogen (secondary N) is 1. The van der Waals surface area contributed by atoms with E-state index in [1.54, 1.807) is 12.0 Å². The van der Waals surface area contributed by atoms with Crippen LogP contribution >= 0.6 is 0 Å². The van der Waals surface area contributed by atoms with Gasteiger partial charge in [-0.05, 0) is 18.8 Å². The number of carboxylic acids is 1. The highest BCUT2D eigenvalue weighted by Gasteiger charge is 2.29. The second kappa shape index (κ2) is 7.84. The molecule has 7 heteroatoms. The first kappa shape index (κ1) is 16.4. The van der Waals surface area contributed by atoms with E-state index in [0.29, 0.717) is 19.0 Å². The van der Waals surface area contributed by atoms with E-state index in [1.807, 2.05) is 0 Å². The fourth-order valence-electron chi connectivity index (χ4n) is 2.19. The van der Waals surface area contributed by atoms with Crippen LogP contribution in [0.1, 0.15) is 32.6 Å². The number of rotatable bonds is 5. The fraction of sp³-hybridized carbons (Fsp3) is 0.769. The van der Waals surface area contributed by atoms with E-state index in [-0.39, 0.29) is 25.4 Å². The average molecular weight is 286 g/mol. The zero-order valence-electron chi connectivity index (χ0n) is 11.9. The number of nitrogens with zero attached hydrogens (tertiary/aromatic N) is 1. The van der Waals surface area contributed by atoms with Crippen LogP contribution in [0.3, 0.4) is 0 Å². The third-order valence-corrected chi connectivity index (χ3v) is 3.52. The number of hydrogen-bond donors (Lipinski definition) is 2. The second-order valence-electron chi connectivity index (χ2n) is 5.09. The molecule has 1 saturated heterocycles. The molecule has 0 aromatic carbocycles. The lowest BCUT2D eigenvalue weighted by Gasteiger charge is -2.35. The molecule has 0 radical (unpaired) electrons. The molecule has 2 N–H and O–H groups in total. The van der Waals surface area contributed by atoms with Crippen molar-refractivity contribution in [2.24, 2.45) is 5.92 Å². The first-order chi connectivity index (χ1) is 9.43. The average Bonchev–Trinajstić information content (AvgIpc) is 2.38. The molecule has 1 aliphatic heterocycles. The van der Waals surface area contributed by atoms with E-state index < -0.39 is 17.9 Å². The highest BCUT2D eigenvalue weighted by atomic mass is 16.5. The molecule has 0 bridgehead atoms. The van der Waals surface area contributed by atoms with Crippen molar-refractivity contribution in [3.63, 3.8) is 0 Å². The van der Waals surface area contributed by atoms with Crippen molar-refractivity contribution in [2.45, 2.75) is 38.7 Å². The summed E-state index contributed by atoms with van der Waals surface area (Å²) >= 11 is 0. The van der Waals surface area contributed by atoms with Crippen molar-refractivity contribution in [1.82, 2.24) is 10.2 Å². The normalized spacial score (nSPS) is 22.4. The Hall–Kier alpha value is -1.63. The monoisotopic (exact) mass is 286 g/mol. The number of piperidine rings is 1. The van der Waals surface area contributed by atoms with Crippen LogP contribution in [-0.4, -0.2) is 54.2 Å². The molecule has 1 rings (SSSR count). The maximum absolute atomic E-state index is 11.9. The Morgan fingerprint density at radius 3 is 2.65 bits per heavy atom. The maximum Gasteiger partial charge on any atom is 0.324 e. The zero-order valence-corrected chi connectivity index (χ0v) is 11.9. The number of imide groups is 1. The first-order valence-electron chi connectivity index (χ1n) is 6.77. The summed E-state index contributed by atoms with van der Waals surface area (Å²) in [4.78, 5) is 35.3. The minimum absolute atomic E-state index is 0.0170. The van der Waals surface area contributed by atoms with Crippen molar-refractivity contribution in [1.29, 1.82) is 0 Å². The summed E-state index contributed by atoms with van der Waals surface area (Å²) in [5.74, 6) is -1.00.